The molecule has 1 aromatic carbocycles. The molecule has 0 bridgehead atoms. The molecule has 0 aliphatic carbocycles. The van der Waals surface area contributed by atoms with E-state index in [0.29, 0.717) is 37.1 Å². The number of non-ortho nitro benzene ring substituents is 1. The van der Waals surface area contributed by atoms with E-state index in [4.69, 9.17) is 0 Å². The minimum absolute atomic E-state index is 0.0504. The average molecular weight is 311 g/mol. The van der Waals surface area contributed by atoms with E-state index < -0.39 is 25.3 Å². The van der Waals surface area contributed by atoms with Gasteiger partial charge in [0.15, 0.2) is 0 Å². The summed E-state index contributed by atoms with van der Waals surface area (Å²) in [6.45, 7) is 1.78. The van der Waals surface area contributed by atoms with Crippen LogP contribution in [-0.4, -0.2) is 4.92 Å². The van der Waals surface area contributed by atoms with Gasteiger partial charge in [-0.2, -0.15) is 0 Å². The van der Waals surface area contributed by atoms with Crippen LogP contribution in [0.3, 0.4) is 0 Å². The monoisotopic (exact) mass is 311 g/mol. The first kappa shape index (κ1) is 16.3. The van der Waals surface area contributed by atoms with E-state index in [9.17, 15) is 25.7 Å². The molecule has 0 aliphatic rings. The summed E-state index contributed by atoms with van der Waals surface area (Å²) in [6.07, 6.45) is 1.05. The number of nitrogens with zero attached hydrogens (tertiary/aromatic N) is 1. The van der Waals surface area contributed by atoms with Gasteiger partial charge in [0.05, 0.1) is 9.82 Å². The second-order valence-electron chi connectivity index (χ2n) is 4.20. The molecule has 0 saturated heterocycles. The van der Waals surface area contributed by atoms with Crippen LogP contribution < -0.4 is 0 Å². The van der Waals surface area contributed by atoms with E-state index in [-0.39, 0.29) is 6.42 Å². The molecule has 0 N–H and O–H groups in total. The second-order valence-corrected chi connectivity index (χ2v) is 7.02. The van der Waals surface area contributed by atoms with Crippen LogP contribution in [0.5, 0.6) is 0 Å². The Morgan fingerprint density at radius 3 is 2.20 bits per heavy atom. The Balaban J connectivity index is 3.22. The maximum Gasteiger partial charge on any atom is 0.269 e. The highest BCUT2D eigenvalue weighted by atomic mass is 32.5. The van der Waals surface area contributed by atoms with Crippen LogP contribution in [0.15, 0.2) is 29.2 Å². The molecule has 0 aliphatic heterocycles. The van der Waals surface area contributed by atoms with Gasteiger partial charge in [0.1, 0.15) is 0 Å². The first-order valence-electron chi connectivity index (χ1n) is 5.75. The predicted octanol–water partition coefficient (Wildman–Crippen LogP) is 5.52. The number of hydrogen-bond donors (Lipinski definition) is 0. The molecular formula is C12H13F4NO2S. The first-order valence-corrected chi connectivity index (χ1v) is 7.80. The number of nitro benzene ring substituents is 1. The molecule has 0 saturated carbocycles. The Hall–Kier alpha value is -1.75. The Labute approximate surface area is 113 Å². The van der Waals surface area contributed by atoms with Crippen molar-refractivity contribution in [3.8, 4) is 11.2 Å². The summed E-state index contributed by atoms with van der Waals surface area (Å²) in [5, 5.41) is 11.2. The van der Waals surface area contributed by atoms with Crippen LogP contribution in [0.1, 0.15) is 26.2 Å². The highest BCUT2D eigenvalue weighted by Crippen LogP contribution is 3.00. The molecule has 0 heterocycles. The van der Waals surface area contributed by atoms with Gasteiger partial charge in [0.25, 0.3) is 5.69 Å². The van der Waals surface area contributed by atoms with Crippen molar-refractivity contribution in [2.45, 2.75) is 31.1 Å². The van der Waals surface area contributed by atoms with Crippen molar-refractivity contribution >= 4 is 15.5 Å². The van der Waals surface area contributed by atoms with E-state index in [1.165, 1.54) is 0 Å². The van der Waals surface area contributed by atoms with Gasteiger partial charge in [-0.25, -0.2) is 0 Å². The lowest BCUT2D eigenvalue weighted by molar-refractivity contribution is -0.384. The third kappa shape index (κ3) is 3.87. The first-order chi connectivity index (χ1) is 8.99. The van der Waals surface area contributed by atoms with Crippen molar-refractivity contribution in [2.75, 3.05) is 0 Å². The molecule has 8 heteroatoms. The van der Waals surface area contributed by atoms with Gasteiger partial charge in [0.2, 0.25) is 9.84 Å². The summed E-state index contributed by atoms with van der Waals surface area (Å²) in [6, 6.07) is 1.94. The van der Waals surface area contributed by atoms with Crippen molar-refractivity contribution in [1.82, 2.24) is 0 Å². The number of rotatable bonds is 4. The molecule has 3 nitrogen and oxygen atoms in total. The zero-order valence-corrected chi connectivity index (χ0v) is 11.4. The number of benzene rings is 1. The summed E-state index contributed by atoms with van der Waals surface area (Å²) < 4.78 is 54.9. The molecule has 20 heavy (non-hydrogen) atoms. The summed E-state index contributed by atoms with van der Waals surface area (Å²) >= 11 is 0. The minimum Gasteiger partial charge on any atom is -0.258 e. The maximum atomic E-state index is 13.7. The van der Waals surface area contributed by atoms with Crippen molar-refractivity contribution in [3.05, 3.63) is 34.4 Å². The van der Waals surface area contributed by atoms with Gasteiger partial charge in [0, 0.05) is 23.8 Å². The fourth-order valence-electron chi connectivity index (χ4n) is 1.36. The normalized spacial score (nSPS) is 14.7. The molecule has 0 spiro atoms. The topological polar surface area (TPSA) is 43.1 Å². The smallest absolute Gasteiger partial charge is 0.258 e. The van der Waals surface area contributed by atoms with E-state index in [1.54, 1.807) is 6.92 Å². The Bertz CT molecular complexity index is 583. The summed E-state index contributed by atoms with van der Waals surface area (Å²) in [5.74, 6) is 1.81. The summed E-state index contributed by atoms with van der Waals surface area (Å²) in [7, 11) is -8.69. The molecule has 1 aromatic rings. The van der Waals surface area contributed by atoms with Crippen molar-refractivity contribution in [1.29, 1.82) is 0 Å². The largest absolute Gasteiger partial charge is 0.269 e. The van der Waals surface area contributed by atoms with Gasteiger partial charge in [-0.3, -0.25) is 10.1 Å². The highest BCUT2D eigenvalue weighted by Gasteiger charge is 2.63. The molecule has 0 fully saturated rings. The Kier molecular flexibility index (Phi) is 3.80. The van der Waals surface area contributed by atoms with E-state index in [1.807, 2.05) is 5.92 Å². The van der Waals surface area contributed by atoms with Gasteiger partial charge < -0.3 is 0 Å². The lowest BCUT2D eigenvalue weighted by atomic mass is 10.3. The lowest BCUT2D eigenvalue weighted by Gasteiger charge is -2.44. The summed E-state index contributed by atoms with van der Waals surface area (Å²) in [5.41, 5.74) is -0.541. The quantitative estimate of drug-likeness (QED) is 0.241. The number of nitro groups is 1. The minimum atomic E-state index is -8.69. The lowest BCUT2D eigenvalue weighted by Crippen LogP contribution is -2.10. The molecule has 0 aromatic heterocycles. The van der Waals surface area contributed by atoms with Gasteiger partial charge >= 0.3 is 0 Å². The number of halogens is 4. The molecule has 1 rings (SSSR count). The fraction of sp³-hybridized carbons (Fsp3) is 0.333. The third-order valence-electron chi connectivity index (χ3n) is 2.45. The average Bonchev–Trinajstić information content (AvgIpc) is 2.34. The molecule has 0 radical (unpaired) electrons. The third-order valence-corrected chi connectivity index (χ3v) is 4.23. The van der Waals surface area contributed by atoms with Gasteiger partial charge in [-0.15, -0.1) is 15.5 Å². The zero-order valence-electron chi connectivity index (χ0n) is 10.6. The molecule has 0 amide bonds. The summed E-state index contributed by atoms with van der Waals surface area (Å²) in [4.78, 5) is 7.95. The van der Waals surface area contributed by atoms with Crippen LogP contribution >= 0.6 is 9.84 Å². The van der Waals surface area contributed by atoms with Crippen LogP contribution in [0.25, 0.3) is 0 Å². The van der Waals surface area contributed by atoms with Crippen LogP contribution in [0.4, 0.5) is 21.2 Å². The van der Waals surface area contributed by atoms with E-state index >= 15 is 0 Å². The molecule has 0 unspecified atom stereocenters. The molecular weight excluding hydrogens is 298 g/mol. The zero-order chi connectivity index (χ0) is 15.5. The second kappa shape index (κ2) is 4.66. The molecule has 0 atom stereocenters. The standard InChI is InChI=1S/C12H13F4NO2S/c1-2-3-4-5-10-20(13,14,15,16)12-8-6-11(7-9-12)17(18)19/h6-9H,2-4H2,1H3. The number of hydrogen-bond acceptors (Lipinski definition) is 2. The Morgan fingerprint density at radius 1 is 1.20 bits per heavy atom. The van der Waals surface area contributed by atoms with Crippen LogP contribution in [0, 0.1) is 21.3 Å². The van der Waals surface area contributed by atoms with Crippen molar-refractivity contribution < 1.29 is 20.5 Å². The molecule has 112 valence electrons. The predicted molar refractivity (Wildman–Crippen MR) is 70.7 cm³/mol. The highest BCUT2D eigenvalue weighted by molar-refractivity contribution is 8.53. The van der Waals surface area contributed by atoms with E-state index in [2.05, 4.69) is 0 Å². The van der Waals surface area contributed by atoms with Gasteiger partial charge in [-0.1, -0.05) is 19.3 Å². The Morgan fingerprint density at radius 2 is 1.75 bits per heavy atom. The fourth-order valence-corrected chi connectivity index (χ4v) is 2.56. The van der Waals surface area contributed by atoms with Crippen LogP contribution in [-0.2, 0) is 0 Å². The van der Waals surface area contributed by atoms with Crippen molar-refractivity contribution in [2.24, 2.45) is 0 Å². The SMILES string of the molecule is CCCCC#CS(F)(F)(F)(F)c1ccc([N+](=O)[O-])cc1. The number of unbranched alkanes of at least 4 members (excludes halogenated alkanes) is 2. The van der Waals surface area contributed by atoms with Crippen molar-refractivity contribution in [3.63, 3.8) is 0 Å². The van der Waals surface area contributed by atoms with Gasteiger partial charge in [-0.05, 0) is 18.6 Å². The van der Waals surface area contributed by atoms with Crippen LogP contribution in [0.2, 0.25) is 0 Å². The van der Waals surface area contributed by atoms with E-state index in [0.717, 1.165) is 5.25 Å². The maximum absolute atomic E-state index is 13.7.